The number of benzene rings is 2. The van der Waals surface area contributed by atoms with Crippen LogP contribution < -0.4 is 14.8 Å². The van der Waals surface area contributed by atoms with Crippen LogP contribution in [0.2, 0.25) is 0 Å². The van der Waals surface area contributed by atoms with E-state index in [0.29, 0.717) is 25.5 Å². The van der Waals surface area contributed by atoms with Crippen molar-refractivity contribution in [3.63, 3.8) is 0 Å². The molecule has 1 aliphatic rings. The molecular weight excluding hydrogens is 314 g/mol. The van der Waals surface area contributed by atoms with E-state index in [4.69, 9.17) is 9.47 Å². The fraction of sp³-hybridized carbons (Fsp3) is 0.381. The van der Waals surface area contributed by atoms with Crippen LogP contribution in [0.25, 0.3) is 0 Å². The molecule has 4 nitrogen and oxygen atoms in total. The SMILES string of the molecule is CC(C)(C(=O)NCCCc1ccccc1)c1ccc2c(c1)OCCO2. The first-order chi connectivity index (χ1) is 12.1. The number of amides is 1. The summed E-state index contributed by atoms with van der Waals surface area (Å²) in [6.45, 7) is 5.65. The maximum atomic E-state index is 12.7. The van der Waals surface area contributed by atoms with Crippen LogP contribution in [-0.2, 0) is 16.6 Å². The molecule has 0 saturated carbocycles. The highest BCUT2D eigenvalue weighted by atomic mass is 16.6. The van der Waals surface area contributed by atoms with Crippen LogP contribution in [-0.4, -0.2) is 25.7 Å². The number of ether oxygens (including phenoxy) is 2. The Morgan fingerprint density at radius 1 is 1.04 bits per heavy atom. The molecule has 0 radical (unpaired) electrons. The number of nitrogens with one attached hydrogen (secondary N) is 1. The van der Waals surface area contributed by atoms with Gasteiger partial charge in [0.05, 0.1) is 5.41 Å². The first kappa shape index (κ1) is 17.3. The Balaban J connectivity index is 1.56. The third-order valence-corrected chi connectivity index (χ3v) is 4.60. The molecule has 1 amide bonds. The van der Waals surface area contributed by atoms with Gasteiger partial charge in [-0.1, -0.05) is 36.4 Å². The van der Waals surface area contributed by atoms with Crippen LogP contribution in [0.1, 0.15) is 31.4 Å². The number of hydrogen-bond acceptors (Lipinski definition) is 3. The molecule has 3 rings (SSSR count). The van der Waals surface area contributed by atoms with Crippen molar-refractivity contribution >= 4 is 5.91 Å². The lowest BCUT2D eigenvalue weighted by atomic mass is 9.83. The summed E-state index contributed by atoms with van der Waals surface area (Å²) in [4.78, 5) is 12.7. The zero-order chi connectivity index (χ0) is 17.7. The van der Waals surface area contributed by atoms with Crippen molar-refractivity contribution in [3.8, 4) is 11.5 Å². The molecule has 0 atom stereocenters. The Labute approximate surface area is 149 Å². The molecule has 2 aromatic carbocycles. The Bertz CT molecular complexity index is 725. The van der Waals surface area contributed by atoms with Gasteiger partial charge in [0.25, 0.3) is 0 Å². The molecule has 0 unspecified atom stereocenters. The third kappa shape index (κ3) is 4.13. The van der Waals surface area contributed by atoms with Gasteiger partial charge < -0.3 is 14.8 Å². The molecule has 1 heterocycles. The molecule has 0 fully saturated rings. The molecule has 132 valence electrons. The Kier molecular flexibility index (Phi) is 5.27. The average Bonchev–Trinajstić information content (AvgIpc) is 2.65. The smallest absolute Gasteiger partial charge is 0.230 e. The van der Waals surface area contributed by atoms with Gasteiger partial charge in [-0.3, -0.25) is 4.79 Å². The van der Waals surface area contributed by atoms with Crippen LogP contribution >= 0.6 is 0 Å². The summed E-state index contributed by atoms with van der Waals surface area (Å²) in [6, 6.07) is 16.1. The van der Waals surface area contributed by atoms with Gasteiger partial charge >= 0.3 is 0 Å². The summed E-state index contributed by atoms with van der Waals surface area (Å²) in [7, 11) is 0. The van der Waals surface area contributed by atoms with Gasteiger partial charge in [-0.25, -0.2) is 0 Å². The maximum absolute atomic E-state index is 12.7. The number of aryl methyl sites for hydroxylation is 1. The Hall–Kier alpha value is -2.49. The topological polar surface area (TPSA) is 47.6 Å². The number of carbonyl (C=O) groups excluding carboxylic acids is 1. The Morgan fingerprint density at radius 2 is 1.76 bits per heavy atom. The van der Waals surface area contributed by atoms with Gasteiger partial charge in [0.1, 0.15) is 13.2 Å². The van der Waals surface area contributed by atoms with Crippen molar-refractivity contribution in [3.05, 3.63) is 59.7 Å². The summed E-state index contributed by atoms with van der Waals surface area (Å²) in [5, 5.41) is 3.06. The lowest BCUT2D eigenvalue weighted by Crippen LogP contribution is -2.40. The highest BCUT2D eigenvalue weighted by molar-refractivity contribution is 5.87. The van der Waals surface area contributed by atoms with Crippen molar-refractivity contribution in [2.75, 3.05) is 19.8 Å². The predicted molar refractivity (Wildman–Crippen MR) is 98.2 cm³/mol. The molecule has 2 aromatic rings. The van der Waals surface area contributed by atoms with E-state index in [2.05, 4.69) is 17.4 Å². The molecule has 1 N–H and O–H groups in total. The summed E-state index contributed by atoms with van der Waals surface area (Å²) >= 11 is 0. The zero-order valence-electron chi connectivity index (χ0n) is 14.9. The van der Waals surface area contributed by atoms with Crippen molar-refractivity contribution < 1.29 is 14.3 Å². The monoisotopic (exact) mass is 339 g/mol. The predicted octanol–water partition coefficient (Wildman–Crippen LogP) is 3.48. The van der Waals surface area contributed by atoms with Crippen molar-refractivity contribution in [2.45, 2.75) is 32.1 Å². The minimum Gasteiger partial charge on any atom is -0.486 e. The van der Waals surface area contributed by atoms with Crippen LogP contribution in [0.3, 0.4) is 0 Å². The van der Waals surface area contributed by atoms with Gasteiger partial charge in [0.15, 0.2) is 11.5 Å². The van der Waals surface area contributed by atoms with Gasteiger partial charge in [-0.2, -0.15) is 0 Å². The first-order valence-corrected chi connectivity index (χ1v) is 8.80. The van der Waals surface area contributed by atoms with E-state index in [1.165, 1.54) is 5.56 Å². The molecule has 0 aromatic heterocycles. The highest BCUT2D eigenvalue weighted by Crippen LogP contribution is 2.35. The minimum absolute atomic E-state index is 0.0252. The number of rotatable bonds is 6. The van der Waals surface area contributed by atoms with Crippen molar-refractivity contribution in [1.82, 2.24) is 5.32 Å². The maximum Gasteiger partial charge on any atom is 0.230 e. The average molecular weight is 339 g/mol. The molecule has 0 spiro atoms. The standard InChI is InChI=1S/C21H25NO3/c1-21(2,17-10-11-18-19(15-17)25-14-13-24-18)20(23)22-12-6-9-16-7-4-3-5-8-16/h3-5,7-8,10-11,15H,6,9,12-14H2,1-2H3,(H,22,23). The molecule has 0 bridgehead atoms. The molecular formula is C21H25NO3. The van der Waals surface area contributed by atoms with Gasteiger partial charge in [0.2, 0.25) is 5.91 Å². The van der Waals surface area contributed by atoms with E-state index in [-0.39, 0.29) is 5.91 Å². The first-order valence-electron chi connectivity index (χ1n) is 8.80. The van der Waals surface area contributed by atoms with Gasteiger partial charge in [-0.15, -0.1) is 0 Å². The minimum atomic E-state index is -0.622. The van der Waals surface area contributed by atoms with E-state index >= 15 is 0 Å². The molecule has 0 aliphatic carbocycles. The molecule has 1 aliphatic heterocycles. The van der Waals surface area contributed by atoms with E-state index in [1.807, 2.05) is 50.2 Å². The normalized spacial score (nSPS) is 13.4. The van der Waals surface area contributed by atoms with E-state index in [1.54, 1.807) is 0 Å². The summed E-state index contributed by atoms with van der Waals surface area (Å²) < 4.78 is 11.2. The fourth-order valence-electron chi connectivity index (χ4n) is 2.92. The molecule has 25 heavy (non-hydrogen) atoms. The largest absolute Gasteiger partial charge is 0.486 e. The number of hydrogen-bond donors (Lipinski definition) is 1. The second kappa shape index (κ2) is 7.60. The second-order valence-corrected chi connectivity index (χ2v) is 6.83. The van der Waals surface area contributed by atoms with Gasteiger partial charge in [0, 0.05) is 6.54 Å². The molecule has 0 saturated heterocycles. The zero-order valence-corrected chi connectivity index (χ0v) is 14.9. The molecule has 4 heteroatoms. The second-order valence-electron chi connectivity index (χ2n) is 6.83. The van der Waals surface area contributed by atoms with Crippen molar-refractivity contribution in [2.24, 2.45) is 0 Å². The summed E-state index contributed by atoms with van der Waals surface area (Å²) in [5.41, 5.74) is 1.60. The van der Waals surface area contributed by atoms with Crippen LogP contribution in [0.15, 0.2) is 48.5 Å². The summed E-state index contributed by atoms with van der Waals surface area (Å²) in [5.74, 6) is 1.49. The third-order valence-electron chi connectivity index (χ3n) is 4.60. The lowest BCUT2D eigenvalue weighted by molar-refractivity contribution is -0.125. The fourth-order valence-corrected chi connectivity index (χ4v) is 2.92. The quantitative estimate of drug-likeness (QED) is 0.820. The number of fused-ring (bicyclic) bond motifs is 1. The Morgan fingerprint density at radius 3 is 2.52 bits per heavy atom. The number of carbonyl (C=O) groups is 1. The van der Waals surface area contributed by atoms with E-state index in [9.17, 15) is 4.79 Å². The van der Waals surface area contributed by atoms with E-state index < -0.39 is 5.41 Å². The van der Waals surface area contributed by atoms with Gasteiger partial charge in [-0.05, 0) is 49.9 Å². The summed E-state index contributed by atoms with van der Waals surface area (Å²) in [6.07, 6.45) is 1.89. The van der Waals surface area contributed by atoms with Crippen LogP contribution in [0, 0.1) is 0 Å². The van der Waals surface area contributed by atoms with Crippen LogP contribution in [0.4, 0.5) is 0 Å². The lowest BCUT2D eigenvalue weighted by Gasteiger charge is -2.26. The highest BCUT2D eigenvalue weighted by Gasteiger charge is 2.30. The van der Waals surface area contributed by atoms with Crippen molar-refractivity contribution in [1.29, 1.82) is 0 Å². The van der Waals surface area contributed by atoms with Crippen LogP contribution in [0.5, 0.6) is 11.5 Å². The van der Waals surface area contributed by atoms with E-state index in [0.717, 1.165) is 24.2 Å².